The molecule has 0 bridgehead atoms. The van der Waals surface area contributed by atoms with Crippen LogP contribution in [0.1, 0.15) is 5.01 Å². The summed E-state index contributed by atoms with van der Waals surface area (Å²) in [4.78, 5) is 0. The lowest BCUT2D eigenvalue weighted by molar-refractivity contribution is 0.478. The lowest BCUT2D eigenvalue weighted by Crippen LogP contribution is -1.85. The number of benzene rings is 2. The number of nitrogens with zero attached hydrogens (tertiary/aromatic N) is 2. The molecule has 0 fully saturated rings. The normalized spacial score (nSPS) is 10.7. The van der Waals surface area contributed by atoms with Gasteiger partial charge in [0.1, 0.15) is 10.8 Å². The Morgan fingerprint density at radius 3 is 2.72 bits per heavy atom. The predicted octanol–water partition coefficient (Wildman–Crippen LogP) is 4.22. The summed E-state index contributed by atoms with van der Waals surface area (Å²) in [6, 6.07) is 14.0. The van der Waals surface area contributed by atoms with Crippen molar-refractivity contribution in [1.29, 1.82) is 0 Å². The second-order valence-electron chi connectivity index (χ2n) is 3.67. The van der Waals surface area contributed by atoms with Crippen LogP contribution in [0, 0.1) is 0 Å². The minimum absolute atomic E-state index is 0.358. The van der Waals surface area contributed by atoms with Crippen LogP contribution in [-0.4, -0.2) is 10.2 Å². The van der Waals surface area contributed by atoms with Gasteiger partial charge in [0.2, 0.25) is 0 Å². The predicted molar refractivity (Wildman–Crippen MR) is 73.5 cm³/mol. The van der Waals surface area contributed by atoms with Gasteiger partial charge in [0.25, 0.3) is 5.19 Å². The number of ether oxygens (including phenoxy) is 1. The van der Waals surface area contributed by atoms with Crippen molar-refractivity contribution in [2.24, 2.45) is 0 Å². The maximum atomic E-state index is 5.76. The molecule has 0 atom stereocenters. The van der Waals surface area contributed by atoms with Gasteiger partial charge in [-0.15, -0.1) is 16.7 Å². The summed E-state index contributed by atoms with van der Waals surface area (Å²) >= 11 is 7.05. The van der Waals surface area contributed by atoms with Crippen molar-refractivity contribution in [3.63, 3.8) is 0 Å². The largest absolute Gasteiger partial charge is 0.429 e. The highest BCUT2D eigenvalue weighted by molar-refractivity contribution is 7.13. The van der Waals surface area contributed by atoms with E-state index in [1.54, 1.807) is 0 Å². The molecule has 3 rings (SSSR count). The second kappa shape index (κ2) is 4.92. The van der Waals surface area contributed by atoms with Gasteiger partial charge >= 0.3 is 0 Å². The minimum atomic E-state index is 0.358. The van der Waals surface area contributed by atoms with Crippen LogP contribution in [0.25, 0.3) is 10.8 Å². The summed E-state index contributed by atoms with van der Waals surface area (Å²) in [6.07, 6.45) is 0. The van der Waals surface area contributed by atoms with Crippen LogP contribution in [0.2, 0.25) is 0 Å². The van der Waals surface area contributed by atoms with Gasteiger partial charge < -0.3 is 4.74 Å². The number of hydrogen-bond acceptors (Lipinski definition) is 4. The Morgan fingerprint density at radius 2 is 1.89 bits per heavy atom. The molecular weight excluding hydrogens is 268 g/mol. The van der Waals surface area contributed by atoms with Crippen molar-refractivity contribution in [1.82, 2.24) is 10.2 Å². The molecule has 0 radical (unpaired) electrons. The molecule has 90 valence electrons. The van der Waals surface area contributed by atoms with Crippen LogP contribution in [-0.2, 0) is 5.88 Å². The van der Waals surface area contributed by atoms with Gasteiger partial charge in [-0.25, -0.2) is 0 Å². The van der Waals surface area contributed by atoms with Crippen molar-refractivity contribution in [3.8, 4) is 10.9 Å². The standard InChI is InChI=1S/C13H9ClN2OS/c14-8-12-15-16-13(18-12)17-11-7-3-5-9-4-1-2-6-10(9)11/h1-7H,8H2. The summed E-state index contributed by atoms with van der Waals surface area (Å²) < 4.78 is 5.76. The molecule has 3 nitrogen and oxygen atoms in total. The smallest absolute Gasteiger partial charge is 0.299 e. The molecule has 0 saturated heterocycles. The molecule has 2 aromatic carbocycles. The fourth-order valence-electron chi connectivity index (χ4n) is 1.71. The van der Waals surface area contributed by atoms with E-state index in [0.717, 1.165) is 21.5 Å². The van der Waals surface area contributed by atoms with E-state index in [4.69, 9.17) is 16.3 Å². The van der Waals surface area contributed by atoms with E-state index in [1.807, 2.05) is 42.5 Å². The molecule has 0 unspecified atom stereocenters. The van der Waals surface area contributed by atoms with Crippen LogP contribution in [0.5, 0.6) is 10.9 Å². The molecule has 0 spiro atoms. The number of rotatable bonds is 3. The van der Waals surface area contributed by atoms with Crippen molar-refractivity contribution in [2.45, 2.75) is 5.88 Å². The molecule has 1 aromatic heterocycles. The topological polar surface area (TPSA) is 35.0 Å². The Morgan fingerprint density at radius 1 is 1.06 bits per heavy atom. The maximum absolute atomic E-state index is 5.76. The highest BCUT2D eigenvalue weighted by Gasteiger charge is 2.07. The third-order valence-corrected chi connectivity index (χ3v) is 3.72. The number of aromatic nitrogens is 2. The Kier molecular flexibility index (Phi) is 3.13. The Labute approximate surface area is 113 Å². The minimum Gasteiger partial charge on any atom is -0.429 e. The van der Waals surface area contributed by atoms with Gasteiger partial charge in [-0.3, -0.25) is 0 Å². The van der Waals surface area contributed by atoms with Crippen molar-refractivity contribution >= 4 is 33.7 Å². The fourth-order valence-corrected chi connectivity index (χ4v) is 2.48. The average molecular weight is 277 g/mol. The van der Waals surface area contributed by atoms with E-state index < -0.39 is 0 Å². The van der Waals surface area contributed by atoms with Crippen LogP contribution in [0.3, 0.4) is 0 Å². The van der Waals surface area contributed by atoms with Gasteiger partial charge in [0.15, 0.2) is 0 Å². The van der Waals surface area contributed by atoms with Crippen molar-refractivity contribution < 1.29 is 4.74 Å². The zero-order valence-corrected chi connectivity index (χ0v) is 10.9. The third-order valence-electron chi connectivity index (χ3n) is 2.51. The van der Waals surface area contributed by atoms with Crippen LogP contribution in [0.15, 0.2) is 42.5 Å². The summed E-state index contributed by atoms with van der Waals surface area (Å²) in [5.74, 6) is 1.14. The van der Waals surface area contributed by atoms with E-state index in [0.29, 0.717) is 11.1 Å². The number of hydrogen-bond donors (Lipinski definition) is 0. The van der Waals surface area contributed by atoms with E-state index in [9.17, 15) is 0 Å². The Hall–Kier alpha value is -1.65. The molecule has 0 N–H and O–H groups in total. The third kappa shape index (κ3) is 2.17. The lowest BCUT2D eigenvalue weighted by Gasteiger charge is -2.05. The molecule has 0 aliphatic rings. The first-order valence-corrected chi connectivity index (χ1v) is 6.76. The van der Waals surface area contributed by atoms with Crippen LogP contribution < -0.4 is 4.74 Å². The molecule has 3 aromatic rings. The van der Waals surface area contributed by atoms with Gasteiger partial charge in [0, 0.05) is 5.39 Å². The molecule has 0 amide bonds. The Bertz CT molecular complexity index is 678. The molecule has 18 heavy (non-hydrogen) atoms. The van der Waals surface area contributed by atoms with E-state index in [1.165, 1.54) is 11.3 Å². The molecule has 5 heteroatoms. The highest BCUT2D eigenvalue weighted by Crippen LogP contribution is 2.31. The second-order valence-corrected chi connectivity index (χ2v) is 4.97. The monoisotopic (exact) mass is 276 g/mol. The number of halogens is 1. The average Bonchev–Trinajstić information content (AvgIpc) is 2.87. The number of fused-ring (bicyclic) bond motifs is 1. The van der Waals surface area contributed by atoms with E-state index >= 15 is 0 Å². The van der Waals surface area contributed by atoms with Crippen LogP contribution >= 0.6 is 22.9 Å². The maximum Gasteiger partial charge on any atom is 0.299 e. The SMILES string of the molecule is ClCc1nnc(Oc2cccc3ccccc23)s1. The zero-order valence-electron chi connectivity index (χ0n) is 9.34. The summed E-state index contributed by atoms with van der Waals surface area (Å²) in [6.45, 7) is 0. The summed E-state index contributed by atoms with van der Waals surface area (Å²) in [5.41, 5.74) is 0. The molecule has 0 aliphatic carbocycles. The van der Waals surface area contributed by atoms with Crippen molar-refractivity contribution in [3.05, 3.63) is 47.5 Å². The zero-order chi connectivity index (χ0) is 12.4. The quantitative estimate of drug-likeness (QED) is 0.672. The van der Waals surface area contributed by atoms with Crippen molar-refractivity contribution in [2.75, 3.05) is 0 Å². The fraction of sp³-hybridized carbons (Fsp3) is 0.0769. The first kappa shape index (κ1) is 11.4. The summed E-state index contributed by atoms with van der Waals surface area (Å²) in [5, 5.41) is 11.3. The van der Waals surface area contributed by atoms with E-state index in [-0.39, 0.29) is 0 Å². The van der Waals surface area contributed by atoms with E-state index in [2.05, 4.69) is 10.2 Å². The van der Waals surface area contributed by atoms with Gasteiger partial charge in [-0.05, 0) is 11.5 Å². The molecular formula is C13H9ClN2OS. The molecule has 1 heterocycles. The van der Waals surface area contributed by atoms with Crippen LogP contribution in [0.4, 0.5) is 0 Å². The molecule has 0 saturated carbocycles. The van der Waals surface area contributed by atoms with Gasteiger partial charge in [0.05, 0.1) is 5.88 Å². The number of alkyl halides is 1. The lowest BCUT2D eigenvalue weighted by atomic mass is 10.1. The van der Waals surface area contributed by atoms with Gasteiger partial charge in [-0.1, -0.05) is 52.8 Å². The Balaban J connectivity index is 1.99. The summed E-state index contributed by atoms with van der Waals surface area (Å²) in [7, 11) is 0. The highest BCUT2D eigenvalue weighted by atomic mass is 35.5. The first-order valence-electron chi connectivity index (χ1n) is 5.41. The first-order chi connectivity index (χ1) is 8.86. The van der Waals surface area contributed by atoms with Gasteiger partial charge in [-0.2, -0.15) is 0 Å². The molecule has 0 aliphatic heterocycles.